The number of fused-ring (bicyclic) bond motifs is 1. The van der Waals surface area contributed by atoms with Gasteiger partial charge in [-0.25, -0.2) is 4.68 Å². The maximum absolute atomic E-state index is 13.8. The summed E-state index contributed by atoms with van der Waals surface area (Å²) in [7, 11) is 1.46. The van der Waals surface area contributed by atoms with Gasteiger partial charge in [0, 0.05) is 12.0 Å². The van der Waals surface area contributed by atoms with Gasteiger partial charge in [-0.1, -0.05) is 18.2 Å². The molecular formula is C20H19F3N4O3. The van der Waals surface area contributed by atoms with Gasteiger partial charge < -0.3 is 19.8 Å². The highest BCUT2D eigenvalue weighted by molar-refractivity contribution is 5.98. The van der Waals surface area contributed by atoms with Crippen molar-refractivity contribution < 1.29 is 27.1 Å². The Morgan fingerprint density at radius 3 is 2.83 bits per heavy atom. The number of carbonyl (C=O) groups is 1. The van der Waals surface area contributed by atoms with Crippen LogP contribution in [0.2, 0.25) is 0 Å². The van der Waals surface area contributed by atoms with Crippen molar-refractivity contribution in [1.29, 1.82) is 0 Å². The van der Waals surface area contributed by atoms with Crippen molar-refractivity contribution in [3.8, 4) is 5.75 Å². The fourth-order valence-corrected chi connectivity index (χ4v) is 3.56. The van der Waals surface area contributed by atoms with Crippen LogP contribution in [0, 0.1) is 0 Å². The van der Waals surface area contributed by atoms with E-state index in [1.165, 1.54) is 13.4 Å². The van der Waals surface area contributed by atoms with Crippen molar-refractivity contribution >= 4 is 11.7 Å². The van der Waals surface area contributed by atoms with Crippen LogP contribution < -0.4 is 15.4 Å². The van der Waals surface area contributed by atoms with Gasteiger partial charge in [-0.15, -0.1) is 0 Å². The number of nitrogens with zero attached hydrogens (tertiary/aromatic N) is 2. The predicted octanol–water partition coefficient (Wildman–Crippen LogP) is 4.08. The lowest BCUT2D eigenvalue weighted by atomic mass is 9.95. The third-order valence-corrected chi connectivity index (χ3v) is 5.00. The number of halogens is 3. The molecule has 0 unspecified atom stereocenters. The molecule has 2 aromatic heterocycles. The first-order valence-corrected chi connectivity index (χ1v) is 9.22. The van der Waals surface area contributed by atoms with E-state index in [1.807, 2.05) is 0 Å². The van der Waals surface area contributed by atoms with Crippen molar-refractivity contribution in [1.82, 2.24) is 15.1 Å². The molecule has 1 aliphatic rings. The Hall–Kier alpha value is -3.43. The Bertz CT molecular complexity index is 1030. The lowest BCUT2D eigenvalue weighted by molar-refractivity contribution is -0.173. The second kappa shape index (κ2) is 7.77. The summed E-state index contributed by atoms with van der Waals surface area (Å²) < 4.78 is 52.7. The van der Waals surface area contributed by atoms with E-state index in [9.17, 15) is 18.0 Å². The number of hydrogen-bond donors (Lipinski definition) is 2. The number of ether oxygens (including phenoxy) is 1. The number of hydrogen-bond acceptors (Lipinski definition) is 5. The molecule has 1 amide bonds. The van der Waals surface area contributed by atoms with Crippen LogP contribution >= 0.6 is 0 Å². The number of anilines is 1. The van der Waals surface area contributed by atoms with Gasteiger partial charge in [0.2, 0.25) is 0 Å². The molecule has 0 radical (unpaired) electrons. The van der Waals surface area contributed by atoms with Crippen molar-refractivity contribution in [2.45, 2.75) is 31.2 Å². The van der Waals surface area contributed by atoms with Crippen LogP contribution in [0.25, 0.3) is 0 Å². The van der Waals surface area contributed by atoms with E-state index < -0.39 is 24.2 Å². The van der Waals surface area contributed by atoms with Gasteiger partial charge >= 0.3 is 6.18 Å². The Morgan fingerprint density at radius 1 is 1.33 bits per heavy atom. The summed E-state index contributed by atoms with van der Waals surface area (Å²) in [6.45, 7) is 0.106. The van der Waals surface area contributed by atoms with Crippen LogP contribution in [0.5, 0.6) is 5.75 Å². The summed E-state index contributed by atoms with van der Waals surface area (Å²) in [6, 6.07) is 7.62. The number of furan rings is 1. The number of aromatic nitrogens is 2. The summed E-state index contributed by atoms with van der Waals surface area (Å²) >= 11 is 0. The molecule has 30 heavy (non-hydrogen) atoms. The first kappa shape index (κ1) is 19.9. The van der Waals surface area contributed by atoms with E-state index in [1.54, 1.807) is 36.4 Å². The van der Waals surface area contributed by atoms with Crippen molar-refractivity contribution in [3.63, 3.8) is 0 Å². The lowest BCUT2D eigenvalue weighted by Gasteiger charge is -2.34. The molecule has 3 heterocycles. The van der Waals surface area contributed by atoms with Crippen LogP contribution in [0.1, 0.15) is 40.2 Å². The molecule has 0 bridgehead atoms. The molecule has 0 spiro atoms. The van der Waals surface area contributed by atoms with E-state index in [2.05, 4.69) is 15.7 Å². The number of alkyl halides is 3. The minimum absolute atomic E-state index is 0.0106. The summed E-state index contributed by atoms with van der Waals surface area (Å²) in [6.07, 6.45) is -2.21. The molecule has 3 aromatic rings. The molecule has 2 atom stereocenters. The van der Waals surface area contributed by atoms with E-state index in [0.717, 1.165) is 10.9 Å². The van der Waals surface area contributed by atoms with Gasteiger partial charge in [-0.3, -0.25) is 4.79 Å². The lowest BCUT2D eigenvalue weighted by Crippen LogP contribution is -2.36. The zero-order valence-electron chi connectivity index (χ0n) is 15.9. The minimum atomic E-state index is -4.54. The number of amides is 1. The minimum Gasteiger partial charge on any atom is -0.496 e. The van der Waals surface area contributed by atoms with E-state index >= 15 is 0 Å². The quantitative estimate of drug-likeness (QED) is 0.650. The monoisotopic (exact) mass is 420 g/mol. The summed E-state index contributed by atoms with van der Waals surface area (Å²) in [5.74, 6) is 0.447. The van der Waals surface area contributed by atoms with Crippen LogP contribution in [0.4, 0.5) is 19.0 Å². The van der Waals surface area contributed by atoms with Crippen LogP contribution in [-0.2, 0) is 6.54 Å². The highest BCUT2D eigenvalue weighted by Crippen LogP contribution is 2.45. The molecule has 7 nitrogen and oxygen atoms in total. The Kier molecular flexibility index (Phi) is 5.15. The zero-order valence-corrected chi connectivity index (χ0v) is 15.9. The number of carbonyl (C=O) groups excluding carboxylic acids is 1. The first-order valence-electron chi connectivity index (χ1n) is 9.22. The predicted molar refractivity (Wildman–Crippen MR) is 101 cm³/mol. The number of nitrogens with one attached hydrogen (secondary N) is 2. The topological polar surface area (TPSA) is 81.3 Å². The van der Waals surface area contributed by atoms with E-state index in [4.69, 9.17) is 9.15 Å². The molecule has 0 fully saturated rings. The fourth-order valence-electron chi connectivity index (χ4n) is 3.56. The Labute approximate surface area is 169 Å². The third-order valence-electron chi connectivity index (χ3n) is 5.00. The van der Waals surface area contributed by atoms with Crippen molar-refractivity contribution in [3.05, 3.63) is 65.7 Å². The molecule has 4 rings (SSSR count). The SMILES string of the molecule is COc1ccccc1[C@@H]1C[C@@H](C(F)(F)F)n2ncc(C(=O)NCc3ccco3)c2N1. The van der Waals surface area contributed by atoms with Gasteiger partial charge in [0.15, 0.2) is 6.04 Å². The summed E-state index contributed by atoms with van der Waals surface area (Å²) in [5.41, 5.74) is 0.596. The molecule has 158 valence electrons. The van der Waals surface area contributed by atoms with Gasteiger partial charge in [0.1, 0.15) is 22.9 Å². The van der Waals surface area contributed by atoms with Gasteiger partial charge in [-0.2, -0.15) is 18.3 Å². The van der Waals surface area contributed by atoms with Gasteiger partial charge in [-0.05, 0) is 18.2 Å². The second-order valence-electron chi connectivity index (χ2n) is 6.85. The maximum atomic E-state index is 13.8. The summed E-state index contributed by atoms with van der Waals surface area (Å²) in [4.78, 5) is 12.6. The molecule has 0 saturated carbocycles. The van der Waals surface area contributed by atoms with Crippen LogP contribution in [-0.4, -0.2) is 29.0 Å². The van der Waals surface area contributed by atoms with Gasteiger partial charge in [0.05, 0.1) is 32.2 Å². The average molecular weight is 420 g/mol. The molecule has 0 saturated heterocycles. The molecular weight excluding hydrogens is 401 g/mol. The third kappa shape index (κ3) is 3.72. The molecule has 0 aliphatic carbocycles. The molecule has 2 N–H and O–H groups in total. The van der Waals surface area contributed by atoms with E-state index in [0.29, 0.717) is 17.1 Å². The number of para-hydroxylation sites is 1. The normalized spacial score (nSPS) is 18.4. The largest absolute Gasteiger partial charge is 0.496 e. The van der Waals surface area contributed by atoms with Crippen LogP contribution in [0.15, 0.2) is 53.3 Å². The Balaban J connectivity index is 1.67. The molecule has 1 aromatic carbocycles. The van der Waals surface area contributed by atoms with Gasteiger partial charge in [0.25, 0.3) is 5.91 Å². The fraction of sp³-hybridized carbons (Fsp3) is 0.300. The zero-order chi connectivity index (χ0) is 21.3. The maximum Gasteiger partial charge on any atom is 0.410 e. The Morgan fingerprint density at radius 2 is 2.13 bits per heavy atom. The van der Waals surface area contributed by atoms with Crippen molar-refractivity contribution in [2.24, 2.45) is 0 Å². The van der Waals surface area contributed by atoms with Crippen molar-refractivity contribution in [2.75, 3.05) is 12.4 Å². The second-order valence-corrected chi connectivity index (χ2v) is 6.85. The standard InChI is InChI=1S/C20H19F3N4O3/c1-29-16-7-3-2-6-13(16)15-9-17(20(21,22)23)27-18(26-15)14(11-25-27)19(28)24-10-12-5-4-8-30-12/h2-8,11,15,17,26H,9-10H2,1H3,(H,24,28)/t15-,17-/m0/s1. The molecule has 10 heteroatoms. The highest BCUT2D eigenvalue weighted by Gasteiger charge is 2.47. The first-order chi connectivity index (χ1) is 14.4. The highest BCUT2D eigenvalue weighted by atomic mass is 19.4. The summed E-state index contributed by atoms with van der Waals surface area (Å²) in [5, 5.41) is 9.55. The van der Waals surface area contributed by atoms with E-state index in [-0.39, 0.29) is 24.3 Å². The smallest absolute Gasteiger partial charge is 0.410 e. The number of benzene rings is 1. The number of rotatable bonds is 5. The average Bonchev–Trinajstić information content (AvgIpc) is 3.40. The van der Waals surface area contributed by atoms with Crippen LogP contribution in [0.3, 0.4) is 0 Å². The number of methoxy groups -OCH3 is 1. The molecule has 1 aliphatic heterocycles.